The number of carbonyl (C=O) groups is 1. The molecule has 0 saturated carbocycles. The molecule has 1 aromatic heterocycles. The van der Waals surface area contributed by atoms with Crippen molar-refractivity contribution in [3.05, 3.63) is 83.7 Å². The minimum absolute atomic E-state index is 0.0984. The minimum atomic E-state index is -0.302. The molecule has 0 aliphatic rings. The second-order valence-corrected chi connectivity index (χ2v) is 5.55. The van der Waals surface area contributed by atoms with Crippen LogP contribution in [-0.4, -0.2) is 15.5 Å². The smallest absolute Gasteiger partial charge is 0.224 e. The summed E-state index contributed by atoms with van der Waals surface area (Å²) in [6.07, 6.45) is 3.88. The van der Waals surface area contributed by atoms with Crippen molar-refractivity contribution in [3.8, 4) is 5.69 Å². The van der Waals surface area contributed by atoms with Crippen molar-refractivity contribution in [2.24, 2.45) is 0 Å². The lowest BCUT2D eigenvalue weighted by Gasteiger charge is -2.12. The van der Waals surface area contributed by atoms with Gasteiger partial charge in [0.2, 0.25) is 5.91 Å². The van der Waals surface area contributed by atoms with Crippen LogP contribution in [0.2, 0.25) is 0 Å². The predicted octanol–water partition coefficient (Wildman–Crippen LogP) is 3.18. The standard InChI is InChI=1S/C19H18FN3O/c1-14-21-10-11-23(14)18-5-3-2-4-16(18)13-22-19(24)12-15-6-8-17(20)9-7-15/h2-11H,12-13H2,1H3,(H,22,24). The number of hydrogen-bond acceptors (Lipinski definition) is 2. The Balaban J connectivity index is 1.68. The lowest BCUT2D eigenvalue weighted by atomic mass is 10.1. The van der Waals surface area contributed by atoms with Crippen LogP contribution in [0.5, 0.6) is 0 Å². The first-order valence-electron chi connectivity index (χ1n) is 7.73. The number of nitrogens with one attached hydrogen (secondary N) is 1. The number of imidazole rings is 1. The largest absolute Gasteiger partial charge is 0.352 e. The molecule has 0 aliphatic heterocycles. The molecule has 0 fully saturated rings. The van der Waals surface area contributed by atoms with E-state index >= 15 is 0 Å². The predicted molar refractivity (Wildman–Crippen MR) is 90.3 cm³/mol. The van der Waals surface area contributed by atoms with E-state index in [1.807, 2.05) is 42.0 Å². The molecule has 0 atom stereocenters. The maximum atomic E-state index is 12.9. The maximum Gasteiger partial charge on any atom is 0.224 e. The number of hydrogen-bond donors (Lipinski definition) is 1. The molecular weight excluding hydrogens is 305 g/mol. The molecule has 2 aromatic carbocycles. The van der Waals surface area contributed by atoms with Crippen molar-refractivity contribution >= 4 is 5.91 Å². The maximum absolute atomic E-state index is 12.9. The summed E-state index contributed by atoms with van der Waals surface area (Å²) in [5.74, 6) is 0.489. The van der Waals surface area contributed by atoms with Crippen molar-refractivity contribution in [1.29, 1.82) is 0 Å². The molecule has 24 heavy (non-hydrogen) atoms. The molecule has 0 aliphatic carbocycles. The summed E-state index contributed by atoms with van der Waals surface area (Å²) in [4.78, 5) is 16.3. The number of para-hydroxylation sites is 1. The van der Waals surface area contributed by atoms with Gasteiger partial charge in [0.15, 0.2) is 0 Å². The van der Waals surface area contributed by atoms with Gasteiger partial charge in [0.1, 0.15) is 11.6 Å². The van der Waals surface area contributed by atoms with Gasteiger partial charge in [-0.15, -0.1) is 0 Å². The zero-order valence-electron chi connectivity index (χ0n) is 13.4. The molecule has 0 saturated heterocycles. The Labute approximate surface area is 140 Å². The molecule has 0 spiro atoms. The Hall–Kier alpha value is -2.95. The molecule has 122 valence electrons. The van der Waals surface area contributed by atoms with E-state index in [0.29, 0.717) is 6.54 Å². The summed E-state index contributed by atoms with van der Waals surface area (Å²) >= 11 is 0. The molecular formula is C19H18FN3O. The average Bonchev–Trinajstić information content (AvgIpc) is 3.01. The molecule has 3 aromatic rings. The van der Waals surface area contributed by atoms with Crippen molar-refractivity contribution in [2.45, 2.75) is 19.9 Å². The second-order valence-electron chi connectivity index (χ2n) is 5.55. The Morgan fingerprint density at radius 1 is 1.17 bits per heavy atom. The van der Waals surface area contributed by atoms with Crippen LogP contribution in [0, 0.1) is 12.7 Å². The number of halogens is 1. The van der Waals surface area contributed by atoms with Gasteiger partial charge < -0.3 is 9.88 Å². The summed E-state index contributed by atoms with van der Waals surface area (Å²) in [6.45, 7) is 2.36. The number of rotatable bonds is 5. The zero-order chi connectivity index (χ0) is 16.9. The first kappa shape index (κ1) is 15.9. The van der Waals surface area contributed by atoms with Crippen molar-refractivity contribution in [2.75, 3.05) is 0 Å². The molecule has 1 heterocycles. The molecule has 0 unspecified atom stereocenters. The Kier molecular flexibility index (Phi) is 4.70. The first-order valence-corrected chi connectivity index (χ1v) is 7.73. The first-order chi connectivity index (χ1) is 11.6. The van der Waals surface area contributed by atoms with Crippen molar-refractivity contribution in [3.63, 3.8) is 0 Å². The highest BCUT2D eigenvalue weighted by atomic mass is 19.1. The number of benzene rings is 2. The number of nitrogens with zero attached hydrogens (tertiary/aromatic N) is 2. The van der Waals surface area contributed by atoms with Gasteiger partial charge in [-0.05, 0) is 36.2 Å². The Morgan fingerprint density at radius 2 is 1.92 bits per heavy atom. The Morgan fingerprint density at radius 3 is 2.62 bits per heavy atom. The van der Waals surface area contributed by atoms with Crippen LogP contribution in [0.1, 0.15) is 17.0 Å². The SMILES string of the molecule is Cc1nccn1-c1ccccc1CNC(=O)Cc1ccc(F)cc1. The van der Waals surface area contributed by atoms with E-state index in [4.69, 9.17) is 0 Å². The third-order valence-corrected chi connectivity index (χ3v) is 3.83. The highest BCUT2D eigenvalue weighted by molar-refractivity contribution is 5.78. The molecule has 1 amide bonds. The van der Waals surface area contributed by atoms with Gasteiger partial charge in [0.05, 0.1) is 12.1 Å². The van der Waals surface area contributed by atoms with Gasteiger partial charge in [-0.3, -0.25) is 4.79 Å². The van der Waals surface area contributed by atoms with Crippen LogP contribution >= 0.6 is 0 Å². The average molecular weight is 323 g/mol. The van der Waals surface area contributed by atoms with Crippen LogP contribution in [-0.2, 0) is 17.8 Å². The summed E-state index contributed by atoms with van der Waals surface area (Å²) in [5.41, 5.74) is 2.79. The normalized spacial score (nSPS) is 10.6. The number of amides is 1. The van der Waals surface area contributed by atoms with E-state index in [1.165, 1.54) is 12.1 Å². The van der Waals surface area contributed by atoms with Crippen LogP contribution in [0.25, 0.3) is 5.69 Å². The molecule has 1 N–H and O–H groups in total. The molecule has 5 heteroatoms. The zero-order valence-corrected chi connectivity index (χ0v) is 13.4. The van der Waals surface area contributed by atoms with Crippen LogP contribution < -0.4 is 5.32 Å². The van der Waals surface area contributed by atoms with Gasteiger partial charge >= 0.3 is 0 Å². The fraction of sp³-hybridized carbons (Fsp3) is 0.158. The molecule has 4 nitrogen and oxygen atoms in total. The van der Waals surface area contributed by atoms with E-state index in [0.717, 1.165) is 22.6 Å². The minimum Gasteiger partial charge on any atom is -0.352 e. The van der Waals surface area contributed by atoms with Crippen molar-refractivity contribution in [1.82, 2.24) is 14.9 Å². The summed E-state index contributed by atoms with van der Waals surface area (Å²) in [5, 5.41) is 2.92. The third-order valence-electron chi connectivity index (χ3n) is 3.83. The fourth-order valence-electron chi connectivity index (χ4n) is 2.57. The van der Waals surface area contributed by atoms with Gasteiger partial charge in [-0.1, -0.05) is 30.3 Å². The number of aromatic nitrogens is 2. The van der Waals surface area contributed by atoms with Gasteiger partial charge in [0, 0.05) is 18.9 Å². The van der Waals surface area contributed by atoms with Crippen molar-refractivity contribution < 1.29 is 9.18 Å². The Bertz CT molecular complexity index is 840. The van der Waals surface area contributed by atoms with Gasteiger partial charge in [0.25, 0.3) is 0 Å². The third kappa shape index (κ3) is 3.68. The summed E-state index contributed by atoms with van der Waals surface area (Å²) in [7, 11) is 0. The lowest BCUT2D eigenvalue weighted by Crippen LogP contribution is -2.25. The fourth-order valence-corrected chi connectivity index (χ4v) is 2.57. The molecule has 0 radical (unpaired) electrons. The van der Waals surface area contributed by atoms with Gasteiger partial charge in [-0.25, -0.2) is 9.37 Å². The van der Waals surface area contributed by atoms with Crippen LogP contribution in [0.4, 0.5) is 4.39 Å². The number of aryl methyl sites for hydroxylation is 1. The van der Waals surface area contributed by atoms with Crippen LogP contribution in [0.3, 0.4) is 0 Å². The molecule has 0 bridgehead atoms. The van der Waals surface area contributed by atoms with E-state index in [9.17, 15) is 9.18 Å². The van der Waals surface area contributed by atoms with Crippen LogP contribution in [0.15, 0.2) is 60.9 Å². The second kappa shape index (κ2) is 7.08. The monoisotopic (exact) mass is 323 g/mol. The van der Waals surface area contributed by atoms with Gasteiger partial charge in [-0.2, -0.15) is 0 Å². The van der Waals surface area contributed by atoms with E-state index in [1.54, 1.807) is 18.3 Å². The lowest BCUT2D eigenvalue weighted by molar-refractivity contribution is -0.120. The van der Waals surface area contributed by atoms with E-state index in [2.05, 4.69) is 10.3 Å². The summed E-state index contributed by atoms with van der Waals surface area (Å²) < 4.78 is 14.9. The summed E-state index contributed by atoms with van der Waals surface area (Å²) in [6, 6.07) is 13.8. The van der Waals surface area contributed by atoms with E-state index < -0.39 is 0 Å². The highest BCUT2D eigenvalue weighted by Crippen LogP contribution is 2.16. The topological polar surface area (TPSA) is 46.9 Å². The van der Waals surface area contributed by atoms with E-state index in [-0.39, 0.29) is 18.1 Å². The highest BCUT2D eigenvalue weighted by Gasteiger charge is 2.08. The number of carbonyl (C=O) groups excluding carboxylic acids is 1. The quantitative estimate of drug-likeness (QED) is 0.784. The molecule has 3 rings (SSSR count).